The van der Waals surface area contributed by atoms with Gasteiger partial charge in [0.1, 0.15) is 17.7 Å². The molecule has 3 N–H and O–H groups in total. The highest BCUT2D eigenvalue weighted by molar-refractivity contribution is 6.03. The Hall–Kier alpha value is -3.89. The number of carbonyl (C=O) groups excluding carboxylic acids is 2. The monoisotopic (exact) mass is 400 g/mol. The van der Waals surface area contributed by atoms with Gasteiger partial charge in [0.2, 0.25) is 5.91 Å². The number of pyridine rings is 1. The van der Waals surface area contributed by atoms with Crippen molar-refractivity contribution in [2.45, 2.75) is 18.9 Å². The Balaban J connectivity index is 1.88. The van der Waals surface area contributed by atoms with Crippen LogP contribution in [-0.4, -0.2) is 39.6 Å². The standard InChI is InChI=1S/C18H17FN6O4/c1-18(8-15(26)24(2)17(20)23-18)12-7-10(3-5-13(12)19)22-16(27)14-6-4-11(9-21-14)25(28)29/h3-7,9H,8H2,1-2H3,(H2,20,23)(H,22,27). The number of nitro groups is 1. The molecule has 1 aliphatic heterocycles. The van der Waals surface area contributed by atoms with Gasteiger partial charge in [0.15, 0.2) is 5.96 Å². The molecule has 1 aromatic heterocycles. The largest absolute Gasteiger partial charge is 0.369 e. The average molecular weight is 400 g/mol. The lowest BCUT2D eigenvalue weighted by Crippen LogP contribution is -2.47. The number of aliphatic imine (C=N–C) groups is 1. The van der Waals surface area contributed by atoms with Gasteiger partial charge >= 0.3 is 0 Å². The van der Waals surface area contributed by atoms with Crippen molar-refractivity contribution in [3.8, 4) is 0 Å². The molecule has 11 heteroatoms. The first kappa shape index (κ1) is 19.9. The van der Waals surface area contributed by atoms with Gasteiger partial charge in [-0.15, -0.1) is 0 Å². The number of rotatable bonds is 4. The summed E-state index contributed by atoms with van der Waals surface area (Å²) in [4.78, 5) is 43.7. The SMILES string of the molecule is CN1C(=O)CC(C)(c2cc(NC(=O)c3ccc([N+](=O)[O-])cn3)ccc2F)N=C1N. The molecular formula is C18H17FN6O4. The molecule has 0 aliphatic carbocycles. The zero-order valence-corrected chi connectivity index (χ0v) is 15.5. The van der Waals surface area contributed by atoms with Gasteiger partial charge in [0.05, 0.1) is 16.9 Å². The van der Waals surface area contributed by atoms with Crippen LogP contribution >= 0.6 is 0 Å². The van der Waals surface area contributed by atoms with Gasteiger partial charge in [-0.25, -0.2) is 14.4 Å². The molecule has 1 aromatic carbocycles. The molecule has 2 aromatic rings. The minimum Gasteiger partial charge on any atom is -0.369 e. The predicted molar refractivity (Wildman–Crippen MR) is 102 cm³/mol. The molecule has 29 heavy (non-hydrogen) atoms. The zero-order valence-electron chi connectivity index (χ0n) is 15.5. The second-order valence-electron chi connectivity index (χ2n) is 6.68. The lowest BCUT2D eigenvalue weighted by molar-refractivity contribution is -0.385. The Kier molecular flexibility index (Phi) is 4.97. The molecule has 3 rings (SSSR count). The van der Waals surface area contributed by atoms with Crippen molar-refractivity contribution in [2.24, 2.45) is 10.7 Å². The van der Waals surface area contributed by atoms with E-state index in [1.807, 2.05) is 0 Å². The van der Waals surface area contributed by atoms with Gasteiger partial charge in [-0.2, -0.15) is 0 Å². The molecule has 150 valence electrons. The number of halogens is 1. The van der Waals surface area contributed by atoms with Crippen molar-refractivity contribution in [3.63, 3.8) is 0 Å². The van der Waals surface area contributed by atoms with Crippen LogP contribution in [-0.2, 0) is 10.3 Å². The Bertz CT molecular complexity index is 1040. The van der Waals surface area contributed by atoms with Crippen LogP contribution < -0.4 is 11.1 Å². The number of hydrogen-bond donors (Lipinski definition) is 2. The van der Waals surface area contributed by atoms with E-state index in [0.29, 0.717) is 0 Å². The van der Waals surface area contributed by atoms with E-state index in [2.05, 4.69) is 15.3 Å². The summed E-state index contributed by atoms with van der Waals surface area (Å²) in [7, 11) is 1.48. The molecule has 10 nitrogen and oxygen atoms in total. The van der Waals surface area contributed by atoms with Gasteiger partial charge < -0.3 is 11.1 Å². The van der Waals surface area contributed by atoms with Crippen molar-refractivity contribution in [1.82, 2.24) is 9.88 Å². The second-order valence-corrected chi connectivity index (χ2v) is 6.68. The molecule has 1 unspecified atom stereocenters. The summed E-state index contributed by atoms with van der Waals surface area (Å²) in [6.45, 7) is 1.58. The van der Waals surface area contributed by atoms with Crippen LogP contribution in [0.15, 0.2) is 41.5 Å². The summed E-state index contributed by atoms with van der Waals surface area (Å²) in [5.74, 6) is -1.59. The third kappa shape index (κ3) is 3.88. The number of nitrogens with zero attached hydrogens (tertiary/aromatic N) is 4. The molecule has 1 aliphatic rings. The molecule has 0 radical (unpaired) electrons. The Morgan fingerprint density at radius 2 is 2.10 bits per heavy atom. The van der Waals surface area contributed by atoms with Crippen LogP contribution in [0.25, 0.3) is 0 Å². The van der Waals surface area contributed by atoms with Gasteiger partial charge in [-0.05, 0) is 31.2 Å². The minimum atomic E-state index is -1.23. The van der Waals surface area contributed by atoms with Crippen molar-refractivity contribution in [1.29, 1.82) is 0 Å². The van der Waals surface area contributed by atoms with E-state index >= 15 is 0 Å². The maximum absolute atomic E-state index is 14.5. The van der Waals surface area contributed by atoms with E-state index in [1.165, 1.54) is 30.1 Å². The molecule has 2 amide bonds. The number of guanidine groups is 1. The number of benzene rings is 1. The lowest BCUT2D eigenvalue weighted by Gasteiger charge is -2.34. The van der Waals surface area contributed by atoms with Crippen molar-refractivity contribution in [2.75, 3.05) is 12.4 Å². The second kappa shape index (κ2) is 7.26. The molecule has 2 heterocycles. The maximum atomic E-state index is 14.5. The quantitative estimate of drug-likeness (QED) is 0.591. The van der Waals surface area contributed by atoms with Gasteiger partial charge in [0, 0.05) is 24.4 Å². The van der Waals surface area contributed by atoms with E-state index in [4.69, 9.17) is 5.73 Å². The average Bonchev–Trinajstić information content (AvgIpc) is 2.67. The lowest BCUT2D eigenvalue weighted by atomic mass is 9.87. The van der Waals surface area contributed by atoms with Crippen LogP contribution in [0.4, 0.5) is 15.8 Å². The first-order valence-electron chi connectivity index (χ1n) is 8.44. The predicted octanol–water partition coefficient (Wildman–Crippen LogP) is 1.77. The molecule has 1 atom stereocenters. The molecule has 0 fully saturated rings. The zero-order chi connectivity index (χ0) is 21.3. The molecular weight excluding hydrogens is 383 g/mol. The van der Waals surface area contributed by atoms with E-state index < -0.39 is 22.2 Å². The first-order valence-corrected chi connectivity index (χ1v) is 8.44. The number of amides is 2. The maximum Gasteiger partial charge on any atom is 0.287 e. The number of carbonyl (C=O) groups is 2. The summed E-state index contributed by atoms with van der Waals surface area (Å²) >= 11 is 0. The number of nitrogens with two attached hydrogens (primary N) is 1. The van der Waals surface area contributed by atoms with E-state index in [9.17, 15) is 24.1 Å². The highest BCUT2D eigenvalue weighted by Crippen LogP contribution is 2.35. The Morgan fingerprint density at radius 1 is 1.38 bits per heavy atom. The number of aromatic nitrogens is 1. The van der Waals surface area contributed by atoms with Crippen LogP contribution in [0, 0.1) is 15.9 Å². The van der Waals surface area contributed by atoms with Crippen molar-refractivity contribution in [3.05, 3.63) is 63.7 Å². The summed E-state index contributed by atoms with van der Waals surface area (Å²) in [6, 6.07) is 6.22. The van der Waals surface area contributed by atoms with E-state index in [1.54, 1.807) is 6.92 Å². The number of hydrogen-bond acceptors (Lipinski definition) is 7. The minimum absolute atomic E-state index is 0.0346. The highest BCUT2D eigenvalue weighted by Gasteiger charge is 2.38. The summed E-state index contributed by atoms with van der Waals surface area (Å²) < 4.78 is 14.5. The van der Waals surface area contributed by atoms with E-state index in [0.717, 1.165) is 18.3 Å². The fraction of sp³-hybridized carbons (Fsp3) is 0.222. The summed E-state index contributed by atoms with van der Waals surface area (Å²) in [5, 5.41) is 13.2. The number of nitrogens with one attached hydrogen (secondary N) is 1. The van der Waals surface area contributed by atoms with Gasteiger partial charge in [0.25, 0.3) is 11.6 Å². The Morgan fingerprint density at radius 3 is 2.69 bits per heavy atom. The molecule has 0 bridgehead atoms. The Labute approximate surface area is 164 Å². The summed E-state index contributed by atoms with van der Waals surface area (Å²) in [6.07, 6.45) is 0.871. The van der Waals surface area contributed by atoms with Crippen LogP contribution in [0.5, 0.6) is 0 Å². The number of anilines is 1. The van der Waals surface area contributed by atoms with Crippen molar-refractivity contribution >= 4 is 29.1 Å². The van der Waals surface area contributed by atoms with Crippen LogP contribution in [0.1, 0.15) is 29.4 Å². The van der Waals surface area contributed by atoms with Gasteiger partial charge in [-0.1, -0.05) is 0 Å². The van der Waals surface area contributed by atoms with E-state index in [-0.39, 0.29) is 40.9 Å². The highest BCUT2D eigenvalue weighted by atomic mass is 19.1. The fourth-order valence-electron chi connectivity index (χ4n) is 2.90. The van der Waals surface area contributed by atoms with Gasteiger partial charge in [-0.3, -0.25) is 24.6 Å². The molecule has 0 saturated heterocycles. The smallest absolute Gasteiger partial charge is 0.287 e. The topological polar surface area (TPSA) is 144 Å². The van der Waals surface area contributed by atoms with Crippen LogP contribution in [0.3, 0.4) is 0 Å². The molecule has 0 spiro atoms. The third-order valence-corrected chi connectivity index (χ3v) is 4.57. The summed E-state index contributed by atoms with van der Waals surface area (Å²) in [5.41, 5.74) is 4.57. The van der Waals surface area contributed by atoms with Crippen molar-refractivity contribution < 1.29 is 18.9 Å². The fourth-order valence-corrected chi connectivity index (χ4v) is 2.90. The third-order valence-electron chi connectivity index (χ3n) is 4.57. The normalized spacial score (nSPS) is 18.9. The van der Waals surface area contributed by atoms with Crippen LogP contribution in [0.2, 0.25) is 0 Å². The first-order chi connectivity index (χ1) is 13.6. The molecule has 0 saturated carbocycles.